The Labute approximate surface area is 536 Å². The van der Waals surface area contributed by atoms with Crippen molar-refractivity contribution in [1.29, 1.82) is 0 Å². The number of furan rings is 1. The number of fused-ring (bicyclic) bond motifs is 11. The first kappa shape index (κ1) is 53.2. The third-order valence-electron chi connectivity index (χ3n) is 18.6. The van der Waals surface area contributed by atoms with Crippen LogP contribution in [0, 0.1) is 0 Å². The second-order valence-electron chi connectivity index (χ2n) is 23.9. The molecule has 3 nitrogen and oxygen atoms in total. The fourth-order valence-electron chi connectivity index (χ4n) is 14.2. The van der Waals surface area contributed by atoms with Crippen molar-refractivity contribution in [2.45, 2.75) is 0 Å². The minimum absolute atomic E-state index is 0.873. The normalized spacial score (nSPS) is 11.7. The maximum absolute atomic E-state index is 6.32. The van der Waals surface area contributed by atoms with E-state index in [2.05, 4.69) is 337 Å². The van der Waals surface area contributed by atoms with Gasteiger partial charge in [-0.05, 0) is 190 Å². The Bertz CT molecular complexity index is 5910. The maximum Gasteiger partial charge on any atom is 0.135 e. The molecule has 0 fully saturated rings. The smallest absolute Gasteiger partial charge is 0.135 e. The molecule has 0 unspecified atom stereocenters. The van der Waals surface area contributed by atoms with Crippen LogP contribution in [-0.2, 0) is 0 Å². The standard InChI is InChI=1S/C88H56N2OS/c1-3-26-71-59(17-1)19-14-32-73(71)63-22-12-24-67(52-63)89(69-47-49-86-82(55-69)80-30-7-9-37-85(80)91-86)66-45-43-58(44-46-66)62-21-11-20-61(51-62)57-39-41-60(42-40-57)72-33-15-36-77-75(34-16-35-76(72)77)64-23-13-25-68(53-64)90(70-48-50-88-83(56-70)81-31-8-10-38-87(81)92-88)84-54-65-18-2-4-27-74(65)78-28-5-6-29-79(78)84/h1-56H. The number of para-hydroxylation sites is 1. The molecule has 0 saturated carbocycles. The molecule has 18 rings (SSSR count). The quantitative estimate of drug-likeness (QED) is 0.120. The molecule has 0 radical (unpaired) electrons. The molecule has 4 heteroatoms. The van der Waals surface area contributed by atoms with Gasteiger partial charge in [-0.2, -0.15) is 0 Å². The van der Waals surface area contributed by atoms with Gasteiger partial charge in [0.05, 0.1) is 5.69 Å². The summed E-state index contributed by atoms with van der Waals surface area (Å²) in [4.78, 5) is 4.84. The van der Waals surface area contributed by atoms with Crippen LogP contribution >= 0.6 is 11.3 Å². The van der Waals surface area contributed by atoms with Gasteiger partial charge >= 0.3 is 0 Å². The van der Waals surface area contributed by atoms with Crippen molar-refractivity contribution >= 4 is 131 Å². The zero-order valence-corrected chi connectivity index (χ0v) is 50.9. The predicted octanol–water partition coefficient (Wildman–Crippen LogP) is 25.8. The number of hydrogen-bond donors (Lipinski definition) is 0. The summed E-state index contributed by atoms with van der Waals surface area (Å²) >= 11 is 1.86. The number of thiophene rings is 1. The lowest BCUT2D eigenvalue weighted by molar-refractivity contribution is 0.669. The Kier molecular flexibility index (Phi) is 12.8. The SMILES string of the molecule is c1cc(-c2ccc(-c3cccc4c(-c5cccc(N(c6ccc7sc8ccccc8c7c6)c6cc7ccccc7c7ccccc67)c5)cccc34)cc2)cc(-c2ccc(N(c3cccc(-c4cccc5ccccc45)c3)c3ccc4oc5ccccc5c4c3)cc2)c1. The molecule has 0 amide bonds. The molecule has 0 spiro atoms. The summed E-state index contributed by atoms with van der Waals surface area (Å²) in [6.45, 7) is 0. The first-order chi connectivity index (χ1) is 45.6. The average molecular weight is 1190 g/mol. The molecule has 0 bridgehead atoms. The van der Waals surface area contributed by atoms with E-state index in [1.165, 1.54) is 96.6 Å². The summed E-state index contributed by atoms with van der Waals surface area (Å²) in [5, 5.41) is 14.6. The number of benzene rings is 16. The van der Waals surface area contributed by atoms with Crippen LogP contribution in [0.1, 0.15) is 0 Å². The largest absolute Gasteiger partial charge is 0.456 e. The molecule has 0 N–H and O–H groups in total. The van der Waals surface area contributed by atoms with Crippen molar-refractivity contribution < 1.29 is 4.42 Å². The first-order valence-electron chi connectivity index (χ1n) is 31.4. The third kappa shape index (κ3) is 9.18. The van der Waals surface area contributed by atoms with E-state index >= 15 is 0 Å². The molecule has 0 aliphatic rings. The topological polar surface area (TPSA) is 19.6 Å². The second kappa shape index (κ2) is 22.0. The number of rotatable bonds is 11. The Hall–Kier alpha value is -11.8. The summed E-state index contributed by atoms with van der Waals surface area (Å²) in [6.07, 6.45) is 0. The Morgan fingerprint density at radius 1 is 0.207 bits per heavy atom. The van der Waals surface area contributed by atoms with Crippen molar-refractivity contribution in [3.05, 3.63) is 340 Å². The molecule has 0 aliphatic carbocycles. The van der Waals surface area contributed by atoms with Crippen LogP contribution in [0.5, 0.6) is 0 Å². The van der Waals surface area contributed by atoms with Gasteiger partial charge in [-0.15, -0.1) is 11.3 Å². The van der Waals surface area contributed by atoms with Crippen molar-refractivity contribution in [2.24, 2.45) is 0 Å². The third-order valence-corrected chi connectivity index (χ3v) is 19.8. The van der Waals surface area contributed by atoms with E-state index in [9.17, 15) is 0 Å². The number of nitrogens with zero attached hydrogens (tertiary/aromatic N) is 2. The van der Waals surface area contributed by atoms with Crippen LogP contribution in [0.4, 0.5) is 34.1 Å². The summed E-state index contributed by atoms with van der Waals surface area (Å²) in [5.41, 5.74) is 20.1. The highest BCUT2D eigenvalue weighted by molar-refractivity contribution is 7.25. The van der Waals surface area contributed by atoms with Crippen LogP contribution < -0.4 is 9.80 Å². The highest BCUT2D eigenvalue weighted by atomic mass is 32.1. The molecule has 0 aliphatic heterocycles. The lowest BCUT2D eigenvalue weighted by Gasteiger charge is -2.28. The van der Waals surface area contributed by atoms with Gasteiger partial charge in [0, 0.05) is 64.8 Å². The van der Waals surface area contributed by atoms with Crippen LogP contribution in [0.2, 0.25) is 0 Å². The van der Waals surface area contributed by atoms with Crippen LogP contribution in [0.25, 0.3) is 141 Å². The van der Waals surface area contributed by atoms with Gasteiger partial charge in [-0.1, -0.05) is 243 Å². The number of anilines is 6. The molecule has 0 atom stereocenters. The fraction of sp³-hybridized carbons (Fsp3) is 0. The summed E-state index contributed by atoms with van der Waals surface area (Å²) < 4.78 is 8.91. The Morgan fingerprint density at radius 3 is 1.41 bits per heavy atom. The second-order valence-corrected chi connectivity index (χ2v) is 25.0. The lowest BCUT2D eigenvalue weighted by atomic mass is 9.91. The van der Waals surface area contributed by atoms with E-state index in [0.29, 0.717) is 0 Å². The molecule has 92 heavy (non-hydrogen) atoms. The Balaban J connectivity index is 0.668. The summed E-state index contributed by atoms with van der Waals surface area (Å²) in [5.74, 6) is 0. The van der Waals surface area contributed by atoms with E-state index in [1.807, 2.05) is 23.5 Å². The van der Waals surface area contributed by atoms with Crippen molar-refractivity contribution in [3.8, 4) is 55.6 Å². The van der Waals surface area contributed by atoms with Gasteiger partial charge in [0.25, 0.3) is 0 Å². The van der Waals surface area contributed by atoms with E-state index < -0.39 is 0 Å². The molecule has 16 aromatic carbocycles. The summed E-state index contributed by atoms with van der Waals surface area (Å²) in [6, 6.07) is 124. The minimum Gasteiger partial charge on any atom is -0.456 e. The summed E-state index contributed by atoms with van der Waals surface area (Å²) in [7, 11) is 0. The molecule has 2 aromatic heterocycles. The maximum atomic E-state index is 6.32. The van der Waals surface area contributed by atoms with Crippen molar-refractivity contribution in [1.82, 2.24) is 0 Å². The zero-order valence-electron chi connectivity index (χ0n) is 50.0. The molecular weight excluding hydrogens is 1130 g/mol. The van der Waals surface area contributed by atoms with E-state index in [0.717, 1.165) is 78.3 Å². The predicted molar refractivity (Wildman–Crippen MR) is 393 cm³/mol. The lowest BCUT2D eigenvalue weighted by Crippen LogP contribution is -2.10. The van der Waals surface area contributed by atoms with Gasteiger partial charge in [0.15, 0.2) is 0 Å². The molecular formula is C88H56N2OS. The van der Waals surface area contributed by atoms with E-state index in [1.54, 1.807) is 0 Å². The van der Waals surface area contributed by atoms with Crippen LogP contribution in [-0.4, -0.2) is 0 Å². The van der Waals surface area contributed by atoms with E-state index in [4.69, 9.17) is 4.42 Å². The van der Waals surface area contributed by atoms with Gasteiger partial charge in [0.1, 0.15) is 11.2 Å². The van der Waals surface area contributed by atoms with Gasteiger partial charge in [-0.25, -0.2) is 0 Å². The van der Waals surface area contributed by atoms with Crippen LogP contribution in [0.3, 0.4) is 0 Å². The minimum atomic E-state index is 0.873. The molecule has 0 saturated heterocycles. The van der Waals surface area contributed by atoms with Gasteiger partial charge in [0.2, 0.25) is 0 Å². The Morgan fingerprint density at radius 2 is 0.663 bits per heavy atom. The highest BCUT2D eigenvalue weighted by Crippen LogP contribution is 2.47. The molecule has 2 heterocycles. The van der Waals surface area contributed by atoms with Gasteiger partial charge < -0.3 is 14.2 Å². The van der Waals surface area contributed by atoms with Crippen LogP contribution in [0.15, 0.2) is 344 Å². The van der Waals surface area contributed by atoms with Gasteiger partial charge in [-0.3, -0.25) is 0 Å². The average Bonchev–Trinajstić information content (AvgIpc) is 1.03. The van der Waals surface area contributed by atoms with E-state index in [-0.39, 0.29) is 0 Å². The number of hydrogen-bond acceptors (Lipinski definition) is 4. The molecule has 18 aromatic rings. The first-order valence-corrected chi connectivity index (χ1v) is 32.3. The van der Waals surface area contributed by atoms with Crippen molar-refractivity contribution in [2.75, 3.05) is 9.80 Å². The fourth-order valence-corrected chi connectivity index (χ4v) is 15.3. The van der Waals surface area contributed by atoms with Crippen molar-refractivity contribution in [3.63, 3.8) is 0 Å². The monoisotopic (exact) mass is 1190 g/mol. The zero-order chi connectivity index (χ0) is 60.6. The highest BCUT2D eigenvalue weighted by Gasteiger charge is 2.22. The molecule has 430 valence electrons.